The largest absolute Gasteiger partial charge is 0.288 e. The number of rotatable bonds is 4. The minimum atomic E-state index is -0.589. The summed E-state index contributed by atoms with van der Waals surface area (Å²) in [5.74, 6) is 0.585. The first kappa shape index (κ1) is 18.4. The van der Waals surface area contributed by atoms with Crippen LogP contribution in [0, 0.1) is 10.1 Å². The first-order valence-corrected chi connectivity index (χ1v) is 9.39. The van der Waals surface area contributed by atoms with Gasteiger partial charge in [0.1, 0.15) is 5.02 Å². The first-order valence-electron chi connectivity index (χ1n) is 8.03. The lowest BCUT2D eigenvalue weighted by Crippen LogP contribution is -2.39. The summed E-state index contributed by atoms with van der Waals surface area (Å²) >= 11 is 7.36. The monoisotopic (exact) mass is 389 g/mol. The number of nitro benzene ring substituents is 1. The number of amidine groups is 1. The van der Waals surface area contributed by atoms with Gasteiger partial charge in [-0.25, -0.2) is 0 Å². The summed E-state index contributed by atoms with van der Waals surface area (Å²) < 4.78 is 0. The summed E-state index contributed by atoms with van der Waals surface area (Å²) in [6.45, 7) is 1.02. The highest BCUT2D eigenvalue weighted by molar-refractivity contribution is 8.13. The van der Waals surface area contributed by atoms with E-state index in [2.05, 4.69) is 4.99 Å². The standard InChI is InChI=1S/C18H16ClN3O3S/c19-15-8-7-14(11-16(15)22(24)25)17(23)21-9-4-10-26-18(21)20-12-13-5-2-1-3-6-13/h1-3,5-8,11H,4,9-10,12H2. The van der Waals surface area contributed by atoms with Crippen LogP contribution in [0.4, 0.5) is 5.69 Å². The number of nitro groups is 1. The van der Waals surface area contributed by atoms with Gasteiger partial charge >= 0.3 is 0 Å². The Hall–Kier alpha value is -2.38. The summed E-state index contributed by atoms with van der Waals surface area (Å²) in [6, 6.07) is 13.9. The van der Waals surface area contributed by atoms with Gasteiger partial charge < -0.3 is 0 Å². The number of carbonyl (C=O) groups excluding carboxylic acids is 1. The van der Waals surface area contributed by atoms with Crippen LogP contribution in [0.15, 0.2) is 53.5 Å². The minimum Gasteiger partial charge on any atom is -0.287 e. The van der Waals surface area contributed by atoms with Crippen molar-refractivity contribution in [2.24, 2.45) is 4.99 Å². The Labute approximate surface area is 160 Å². The first-order chi connectivity index (χ1) is 12.6. The van der Waals surface area contributed by atoms with E-state index >= 15 is 0 Å². The predicted molar refractivity (Wildman–Crippen MR) is 104 cm³/mol. The van der Waals surface area contributed by atoms with Crippen molar-refractivity contribution in [2.45, 2.75) is 13.0 Å². The SMILES string of the molecule is O=C(c1ccc(Cl)c([N+](=O)[O-])c1)N1CCCSC1=NCc1ccccc1. The van der Waals surface area contributed by atoms with Crippen molar-refractivity contribution in [3.63, 3.8) is 0 Å². The fraction of sp³-hybridized carbons (Fsp3) is 0.222. The molecule has 2 aromatic rings. The molecule has 3 rings (SSSR count). The number of thioether (sulfide) groups is 1. The third-order valence-electron chi connectivity index (χ3n) is 3.86. The Morgan fingerprint density at radius 3 is 2.77 bits per heavy atom. The molecule has 26 heavy (non-hydrogen) atoms. The van der Waals surface area contributed by atoms with Crippen LogP contribution in [0.5, 0.6) is 0 Å². The van der Waals surface area contributed by atoms with E-state index < -0.39 is 4.92 Å². The summed E-state index contributed by atoms with van der Waals surface area (Å²) in [5, 5.41) is 11.7. The van der Waals surface area contributed by atoms with Crippen LogP contribution in [0.25, 0.3) is 0 Å². The molecule has 1 saturated heterocycles. The molecule has 0 radical (unpaired) electrons. The van der Waals surface area contributed by atoms with E-state index in [4.69, 9.17) is 11.6 Å². The molecule has 1 aliphatic rings. The molecule has 1 fully saturated rings. The zero-order valence-corrected chi connectivity index (χ0v) is 15.4. The normalized spacial score (nSPS) is 15.9. The average Bonchev–Trinajstić information content (AvgIpc) is 2.67. The van der Waals surface area contributed by atoms with Crippen molar-refractivity contribution in [3.8, 4) is 0 Å². The number of hydrogen-bond acceptors (Lipinski definition) is 5. The third kappa shape index (κ3) is 4.23. The van der Waals surface area contributed by atoms with Gasteiger partial charge in [-0.3, -0.25) is 24.8 Å². The summed E-state index contributed by atoms with van der Waals surface area (Å²) in [6.07, 6.45) is 0.844. The number of halogens is 1. The number of nitrogens with zero attached hydrogens (tertiary/aromatic N) is 3. The van der Waals surface area contributed by atoms with E-state index in [1.807, 2.05) is 30.3 Å². The molecule has 0 N–H and O–H groups in total. The van der Waals surface area contributed by atoms with E-state index in [1.54, 1.807) is 4.90 Å². The maximum Gasteiger partial charge on any atom is 0.288 e. The van der Waals surface area contributed by atoms with Crippen molar-refractivity contribution >= 4 is 40.1 Å². The number of benzene rings is 2. The number of amides is 1. The van der Waals surface area contributed by atoms with Gasteiger partial charge in [0.25, 0.3) is 11.6 Å². The quantitative estimate of drug-likeness (QED) is 0.574. The molecule has 8 heteroatoms. The van der Waals surface area contributed by atoms with Crippen LogP contribution in [0.1, 0.15) is 22.3 Å². The smallest absolute Gasteiger partial charge is 0.287 e. The summed E-state index contributed by atoms with van der Waals surface area (Å²) in [5.41, 5.74) is 1.02. The molecule has 0 atom stereocenters. The lowest BCUT2D eigenvalue weighted by atomic mass is 10.1. The van der Waals surface area contributed by atoms with Crippen molar-refractivity contribution in [1.29, 1.82) is 0 Å². The van der Waals surface area contributed by atoms with Gasteiger partial charge in [-0.2, -0.15) is 0 Å². The second-order valence-electron chi connectivity index (χ2n) is 5.67. The molecular weight excluding hydrogens is 374 g/mol. The molecule has 6 nitrogen and oxygen atoms in total. The highest BCUT2D eigenvalue weighted by Gasteiger charge is 2.26. The number of aliphatic imine (C=N–C) groups is 1. The maximum atomic E-state index is 12.9. The van der Waals surface area contributed by atoms with Crippen molar-refractivity contribution in [2.75, 3.05) is 12.3 Å². The Morgan fingerprint density at radius 2 is 2.04 bits per heavy atom. The molecule has 0 saturated carbocycles. The molecule has 0 unspecified atom stereocenters. The molecule has 0 spiro atoms. The van der Waals surface area contributed by atoms with Crippen LogP contribution in [0.3, 0.4) is 0 Å². The van der Waals surface area contributed by atoms with Gasteiger partial charge in [-0.1, -0.05) is 53.7 Å². The second kappa shape index (κ2) is 8.33. The topological polar surface area (TPSA) is 75.8 Å². The van der Waals surface area contributed by atoms with E-state index in [0.29, 0.717) is 18.3 Å². The fourth-order valence-corrected chi connectivity index (χ4v) is 3.69. The molecule has 134 valence electrons. The molecule has 0 bridgehead atoms. The summed E-state index contributed by atoms with van der Waals surface area (Å²) in [7, 11) is 0. The number of hydrogen-bond donors (Lipinski definition) is 0. The molecule has 1 heterocycles. The Balaban J connectivity index is 1.84. The Kier molecular flexibility index (Phi) is 5.90. The van der Waals surface area contributed by atoms with Gasteiger partial charge in [-0.05, 0) is 24.1 Å². The van der Waals surface area contributed by atoms with Crippen LogP contribution >= 0.6 is 23.4 Å². The van der Waals surface area contributed by atoms with Crippen molar-refractivity contribution in [1.82, 2.24) is 4.90 Å². The van der Waals surface area contributed by atoms with E-state index in [9.17, 15) is 14.9 Å². The highest BCUT2D eigenvalue weighted by atomic mass is 35.5. The van der Waals surface area contributed by atoms with Gasteiger partial charge in [0.15, 0.2) is 5.17 Å². The zero-order chi connectivity index (χ0) is 18.5. The van der Waals surface area contributed by atoms with E-state index in [-0.39, 0.29) is 22.2 Å². The van der Waals surface area contributed by atoms with Crippen LogP contribution in [0.2, 0.25) is 5.02 Å². The molecule has 0 aliphatic carbocycles. The van der Waals surface area contributed by atoms with Crippen molar-refractivity contribution < 1.29 is 9.72 Å². The Bertz CT molecular complexity index is 858. The minimum absolute atomic E-state index is 0.0116. The van der Waals surface area contributed by atoms with Gasteiger partial charge in [0.2, 0.25) is 0 Å². The molecule has 2 aromatic carbocycles. The fourth-order valence-electron chi connectivity index (χ4n) is 2.56. The zero-order valence-electron chi connectivity index (χ0n) is 13.8. The van der Waals surface area contributed by atoms with E-state index in [0.717, 1.165) is 17.7 Å². The Morgan fingerprint density at radius 1 is 1.27 bits per heavy atom. The van der Waals surface area contributed by atoms with Crippen LogP contribution in [-0.4, -0.2) is 33.2 Å². The molecule has 1 amide bonds. The van der Waals surface area contributed by atoms with Crippen molar-refractivity contribution in [3.05, 3.63) is 74.8 Å². The molecule has 1 aliphatic heterocycles. The highest BCUT2D eigenvalue weighted by Crippen LogP contribution is 2.27. The predicted octanol–water partition coefficient (Wildman–Crippen LogP) is 4.38. The summed E-state index contributed by atoms with van der Waals surface area (Å²) in [4.78, 5) is 29.5. The lowest BCUT2D eigenvalue weighted by molar-refractivity contribution is -0.384. The van der Waals surface area contributed by atoms with E-state index in [1.165, 1.54) is 30.0 Å². The average molecular weight is 390 g/mol. The molecular formula is C18H16ClN3O3S. The van der Waals surface area contributed by atoms with Crippen LogP contribution < -0.4 is 0 Å². The maximum absolute atomic E-state index is 12.9. The van der Waals surface area contributed by atoms with Gasteiger partial charge in [0, 0.05) is 23.9 Å². The van der Waals surface area contributed by atoms with Gasteiger partial charge in [-0.15, -0.1) is 0 Å². The third-order valence-corrected chi connectivity index (χ3v) is 5.28. The second-order valence-corrected chi connectivity index (χ2v) is 7.14. The van der Waals surface area contributed by atoms with Crippen LogP contribution in [-0.2, 0) is 6.54 Å². The lowest BCUT2D eigenvalue weighted by Gasteiger charge is -2.28. The number of carbonyl (C=O) groups is 1. The van der Waals surface area contributed by atoms with Gasteiger partial charge in [0.05, 0.1) is 11.5 Å². The molecule has 0 aromatic heterocycles.